The maximum atomic E-state index is 12.5. The van der Waals surface area contributed by atoms with Gasteiger partial charge in [-0.25, -0.2) is 4.39 Å². The van der Waals surface area contributed by atoms with Crippen LogP contribution in [0.5, 0.6) is 5.75 Å². The molecule has 0 atom stereocenters. The van der Waals surface area contributed by atoms with Crippen LogP contribution >= 0.6 is 0 Å². The molecule has 0 aliphatic carbocycles. The van der Waals surface area contributed by atoms with Gasteiger partial charge in [-0.2, -0.15) is 13.4 Å². The van der Waals surface area contributed by atoms with Crippen LogP contribution in [0.15, 0.2) is 63.7 Å². The van der Waals surface area contributed by atoms with Crippen molar-refractivity contribution >= 4 is 33.1 Å². The first-order chi connectivity index (χ1) is 16.1. The fourth-order valence-electron chi connectivity index (χ4n) is 2.53. The number of aryl methyl sites for hydroxylation is 1. The summed E-state index contributed by atoms with van der Waals surface area (Å²) in [5.74, 6) is 0.369. The molecule has 4 N–H and O–H groups in total. The van der Waals surface area contributed by atoms with E-state index in [1.165, 1.54) is 12.1 Å². The van der Waals surface area contributed by atoms with E-state index in [9.17, 15) is 17.6 Å². The number of nitrogens with two attached hydrogens (primary N) is 1. The van der Waals surface area contributed by atoms with Gasteiger partial charge in [0.25, 0.3) is 16.1 Å². The fourth-order valence-corrected chi connectivity index (χ4v) is 3.01. The summed E-state index contributed by atoms with van der Waals surface area (Å²) >= 11 is 0. The third kappa shape index (κ3) is 7.83. The van der Waals surface area contributed by atoms with Crippen LogP contribution in [0.3, 0.4) is 0 Å². The van der Waals surface area contributed by atoms with Gasteiger partial charge in [0.1, 0.15) is 24.4 Å². The molecule has 1 amide bonds. The number of nitrogens with one attached hydrogen (secondary N) is 1. The number of ether oxygens (including phenoxy) is 1. The van der Waals surface area contributed by atoms with Crippen molar-refractivity contribution in [3.05, 3.63) is 59.9 Å². The average molecular weight is 495 g/mol. The zero-order valence-electron chi connectivity index (χ0n) is 19.0. The number of hydrogen-bond acceptors (Lipinski definition) is 8. The standard InChI is InChI=1S/C15H19FN4O3.C7H8O3S/c1-18-14(21)8-20(2)15-19-12-4-3-11(5-13(12)23-15)22-9-10(6-16)7-17;1-6-2-4-7(5-3-6)11(8,9)10/h3-6H,7-9,17H2,1-2H3,(H,18,21);2-5H,1H3,(H,8,9,10)/b10-6+;. The van der Waals surface area contributed by atoms with Gasteiger partial charge in [-0.05, 0) is 31.2 Å². The second-order valence-electron chi connectivity index (χ2n) is 7.20. The first-order valence-corrected chi connectivity index (χ1v) is 11.5. The molecule has 12 heteroatoms. The number of amides is 1. The highest BCUT2D eigenvalue weighted by molar-refractivity contribution is 7.85. The molecule has 0 aliphatic heterocycles. The van der Waals surface area contributed by atoms with Crippen LogP contribution in [-0.2, 0) is 14.9 Å². The van der Waals surface area contributed by atoms with Crippen molar-refractivity contribution < 1.29 is 31.3 Å². The molecule has 3 aromatic rings. The Hall–Kier alpha value is -3.48. The molecule has 0 aliphatic rings. The van der Waals surface area contributed by atoms with E-state index in [-0.39, 0.29) is 30.5 Å². The van der Waals surface area contributed by atoms with Crippen molar-refractivity contribution in [2.45, 2.75) is 11.8 Å². The predicted octanol–water partition coefficient (Wildman–Crippen LogP) is 2.44. The quantitative estimate of drug-likeness (QED) is 0.402. The number of oxazole rings is 1. The zero-order valence-corrected chi connectivity index (χ0v) is 19.8. The number of benzene rings is 2. The molecule has 0 bridgehead atoms. The Morgan fingerprint density at radius 2 is 1.97 bits per heavy atom. The van der Waals surface area contributed by atoms with Gasteiger partial charge < -0.3 is 25.1 Å². The van der Waals surface area contributed by atoms with Crippen LogP contribution < -0.4 is 20.7 Å². The van der Waals surface area contributed by atoms with Crippen molar-refractivity contribution in [2.75, 3.05) is 38.7 Å². The highest BCUT2D eigenvalue weighted by atomic mass is 32.2. The summed E-state index contributed by atoms with van der Waals surface area (Å²) in [5.41, 5.74) is 7.83. The molecule has 0 radical (unpaired) electrons. The number of rotatable bonds is 8. The van der Waals surface area contributed by atoms with E-state index in [1.807, 2.05) is 6.92 Å². The van der Waals surface area contributed by atoms with Crippen LogP contribution in [0.2, 0.25) is 0 Å². The summed E-state index contributed by atoms with van der Waals surface area (Å²) in [5, 5.41) is 2.53. The number of aromatic nitrogens is 1. The minimum absolute atomic E-state index is 0.0656. The molecule has 0 fully saturated rings. The Morgan fingerprint density at radius 1 is 1.29 bits per heavy atom. The lowest BCUT2D eigenvalue weighted by Crippen LogP contribution is -2.33. The van der Waals surface area contributed by atoms with Gasteiger partial charge >= 0.3 is 0 Å². The predicted molar refractivity (Wildman–Crippen MR) is 126 cm³/mol. The number of halogens is 1. The van der Waals surface area contributed by atoms with E-state index < -0.39 is 10.1 Å². The van der Waals surface area contributed by atoms with Crippen LogP contribution in [0, 0.1) is 6.92 Å². The van der Waals surface area contributed by atoms with Crippen LogP contribution in [0.4, 0.5) is 10.4 Å². The van der Waals surface area contributed by atoms with Crippen molar-refractivity contribution in [2.24, 2.45) is 5.73 Å². The van der Waals surface area contributed by atoms with Crippen molar-refractivity contribution in [3.8, 4) is 5.75 Å². The molecule has 0 saturated carbocycles. The number of nitrogens with zero attached hydrogens (tertiary/aromatic N) is 2. The smallest absolute Gasteiger partial charge is 0.298 e. The molecule has 0 saturated heterocycles. The number of carbonyl (C=O) groups is 1. The van der Waals surface area contributed by atoms with Crippen LogP contribution in [0.25, 0.3) is 11.1 Å². The average Bonchev–Trinajstić information content (AvgIpc) is 3.23. The topological polar surface area (TPSA) is 148 Å². The summed E-state index contributed by atoms with van der Waals surface area (Å²) in [6.07, 6.45) is 0.443. The molecule has 1 aromatic heterocycles. The monoisotopic (exact) mass is 494 g/mol. The van der Waals surface area contributed by atoms with E-state index in [4.69, 9.17) is 19.4 Å². The highest BCUT2D eigenvalue weighted by Crippen LogP contribution is 2.25. The summed E-state index contributed by atoms with van der Waals surface area (Å²) in [6, 6.07) is 11.4. The minimum Gasteiger partial charge on any atom is -0.489 e. The Morgan fingerprint density at radius 3 is 2.53 bits per heavy atom. The summed E-state index contributed by atoms with van der Waals surface area (Å²) in [6.45, 7) is 2.13. The molecular weight excluding hydrogens is 467 g/mol. The summed E-state index contributed by atoms with van der Waals surface area (Å²) in [7, 11) is -0.751. The molecule has 34 heavy (non-hydrogen) atoms. The van der Waals surface area contributed by atoms with Crippen molar-refractivity contribution in [1.29, 1.82) is 0 Å². The summed E-state index contributed by atoms with van der Waals surface area (Å²) in [4.78, 5) is 17.2. The molecule has 10 nitrogen and oxygen atoms in total. The third-order valence-corrected chi connectivity index (χ3v) is 5.36. The number of carbonyl (C=O) groups excluding carboxylic acids is 1. The Bertz CT molecular complexity index is 1240. The van der Waals surface area contributed by atoms with Gasteiger partial charge in [0.15, 0.2) is 5.58 Å². The maximum Gasteiger partial charge on any atom is 0.298 e. The fraction of sp³-hybridized carbons (Fsp3) is 0.273. The molecule has 2 aromatic carbocycles. The number of likely N-dealkylation sites (N-methyl/N-ethyl adjacent to an activating group) is 2. The Labute approximate surface area is 197 Å². The van der Waals surface area contributed by atoms with Crippen LogP contribution in [0.1, 0.15) is 5.56 Å². The minimum atomic E-state index is -4.02. The summed E-state index contributed by atoms with van der Waals surface area (Å²) < 4.78 is 53.1. The SMILES string of the molecule is CNC(=O)CN(C)c1nc2ccc(OC/C(=C/F)CN)cc2o1.Cc1ccc(S(=O)(=O)O)cc1. The van der Waals surface area contributed by atoms with Crippen LogP contribution in [-0.4, -0.2) is 57.7 Å². The van der Waals surface area contributed by atoms with Gasteiger partial charge in [0, 0.05) is 32.3 Å². The highest BCUT2D eigenvalue weighted by Gasteiger charge is 2.13. The first kappa shape index (κ1) is 26.8. The van der Waals surface area contributed by atoms with E-state index in [2.05, 4.69) is 10.3 Å². The number of anilines is 1. The van der Waals surface area contributed by atoms with E-state index in [0.717, 1.165) is 5.56 Å². The van der Waals surface area contributed by atoms with E-state index in [0.29, 0.717) is 34.8 Å². The van der Waals surface area contributed by atoms with Gasteiger partial charge in [-0.1, -0.05) is 17.7 Å². The van der Waals surface area contributed by atoms with E-state index in [1.54, 1.807) is 49.3 Å². The number of fused-ring (bicyclic) bond motifs is 1. The molecule has 0 unspecified atom stereocenters. The normalized spacial score (nSPS) is 11.5. The van der Waals surface area contributed by atoms with E-state index >= 15 is 0 Å². The molecule has 0 spiro atoms. The van der Waals surface area contributed by atoms with Crippen molar-refractivity contribution in [1.82, 2.24) is 10.3 Å². The van der Waals surface area contributed by atoms with Gasteiger partial charge in [0.2, 0.25) is 5.91 Å². The second kappa shape index (κ2) is 12.1. The van der Waals surface area contributed by atoms with Gasteiger partial charge in [-0.3, -0.25) is 9.35 Å². The van der Waals surface area contributed by atoms with Gasteiger partial charge in [-0.15, -0.1) is 0 Å². The van der Waals surface area contributed by atoms with Gasteiger partial charge in [0.05, 0.1) is 11.2 Å². The lowest BCUT2D eigenvalue weighted by atomic mass is 10.2. The largest absolute Gasteiger partial charge is 0.489 e. The number of hydrogen-bond donors (Lipinski definition) is 3. The molecule has 1 heterocycles. The molecular formula is C22H27FN4O6S. The maximum absolute atomic E-state index is 12.5. The zero-order chi connectivity index (χ0) is 25.3. The lowest BCUT2D eigenvalue weighted by Gasteiger charge is -2.12. The molecule has 184 valence electrons. The van der Waals surface area contributed by atoms with Crippen molar-refractivity contribution in [3.63, 3.8) is 0 Å². The third-order valence-electron chi connectivity index (χ3n) is 4.49. The molecule has 3 rings (SSSR count). The first-order valence-electron chi connectivity index (χ1n) is 10.0. The second-order valence-corrected chi connectivity index (χ2v) is 8.63. The lowest BCUT2D eigenvalue weighted by molar-refractivity contribution is -0.119. The Kier molecular flexibility index (Phi) is 9.54. The Balaban J connectivity index is 0.000000310.